The number of ether oxygens (including phenoxy) is 1. The highest BCUT2D eigenvalue weighted by atomic mass is 32.2. The SMILES string of the molecule is COc1ccc2c(c1)CCC[C@@H]2NC(=O)[C@@H]1CCCN(S(C)(=O)=O)C1. The van der Waals surface area contributed by atoms with Gasteiger partial charge in [-0.15, -0.1) is 0 Å². The van der Waals surface area contributed by atoms with Crippen LogP contribution in [0.15, 0.2) is 18.2 Å². The number of hydrogen-bond acceptors (Lipinski definition) is 4. The molecule has 1 fully saturated rings. The molecule has 1 aliphatic carbocycles. The number of aryl methyl sites for hydroxylation is 1. The van der Waals surface area contributed by atoms with Gasteiger partial charge in [0.2, 0.25) is 15.9 Å². The molecular weight excluding hydrogens is 340 g/mol. The first kappa shape index (κ1) is 18.2. The molecule has 0 saturated carbocycles. The van der Waals surface area contributed by atoms with E-state index in [4.69, 9.17) is 4.74 Å². The molecule has 1 amide bonds. The first-order valence-electron chi connectivity index (χ1n) is 8.81. The van der Waals surface area contributed by atoms with Crippen molar-refractivity contribution in [2.75, 3.05) is 26.5 Å². The number of hydrogen-bond donors (Lipinski definition) is 1. The van der Waals surface area contributed by atoms with Crippen LogP contribution < -0.4 is 10.1 Å². The van der Waals surface area contributed by atoms with Crippen LogP contribution in [0.2, 0.25) is 0 Å². The summed E-state index contributed by atoms with van der Waals surface area (Å²) >= 11 is 0. The van der Waals surface area contributed by atoms with Crippen molar-refractivity contribution >= 4 is 15.9 Å². The second-order valence-corrected chi connectivity index (χ2v) is 8.96. The van der Waals surface area contributed by atoms with Crippen LogP contribution in [0.5, 0.6) is 5.75 Å². The lowest BCUT2D eigenvalue weighted by Gasteiger charge is -2.32. The number of benzene rings is 1. The van der Waals surface area contributed by atoms with Gasteiger partial charge in [0.15, 0.2) is 0 Å². The summed E-state index contributed by atoms with van der Waals surface area (Å²) in [5.74, 6) is 0.524. The van der Waals surface area contributed by atoms with Crippen LogP contribution in [0.1, 0.15) is 42.9 Å². The predicted octanol–water partition coefficient (Wildman–Crippen LogP) is 1.86. The molecule has 25 heavy (non-hydrogen) atoms. The van der Waals surface area contributed by atoms with Crippen molar-refractivity contribution in [3.8, 4) is 5.75 Å². The number of sulfonamides is 1. The zero-order chi connectivity index (χ0) is 18.0. The number of nitrogens with zero attached hydrogens (tertiary/aromatic N) is 1. The minimum atomic E-state index is -3.24. The summed E-state index contributed by atoms with van der Waals surface area (Å²) in [6, 6.07) is 5.99. The number of carbonyl (C=O) groups excluding carboxylic acids is 1. The van der Waals surface area contributed by atoms with E-state index in [1.807, 2.05) is 18.2 Å². The molecule has 0 unspecified atom stereocenters. The Kier molecular flexibility index (Phi) is 5.34. The Labute approximate surface area is 149 Å². The fourth-order valence-corrected chi connectivity index (χ4v) is 4.73. The van der Waals surface area contributed by atoms with E-state index < -0.39 is 10.0 Å². The first-order chi connectivity index (χ1) is 11.9. The van der Waals surface area contributed by atoms with E-state index >= 15 is 0 Å². The second kappa shape index (κ2) is 7.33. The maximum Gasteiger partial charge on any atom is 0.224 e. The summed E-state index contributed by atoms with van der Waals surface area (Å²) in [7, 11) is -1.59. The topological polar surface area (TPSA) is 75.7 Å². The van der Waals surface area contributed by atoms with Gasteiger partial charge in [-0.3, -0.25) is 4.79 Å². The Morgan fingerprint density at radius 1 is 1.28 bits per heavy atom. The molecule has 6 nitrogen and oxygen atoms in total. The molecule has 1 aromatic carbocycles. The zero-order valence-corrected chi connectivity index (χ0v) is 15.6. The van der Waals surface area contributed by atoms with Gasteiger partial charge < -0.3 is 10.1 Å². The van der Waals surface area contributed by atoms with Crippen LogP contribution in [-0.2, 0) is 21.2 Å². The van der Waals surface area contributed by atoms with Crippen molar-refractivity contribution in [1.82, 2.24) is 9.62 Å². The summed E-state index contributed by atoms with van der Waals surface area (Å²) in [6.07, 6.45) is 5.59. The van der Waals surface area contributed by atoms with E-state index in [1.54, 1.807) is 7.11 Å². The van der Waals surface area contributed by atoms with E-state index in [1.165, 1.54) is 16.1 Å². The lowest BCUT2D eigenvalue weighted by molar-refractivity contribution is -0.127. The van der Waals surface area contributed by atoms with Crippen LogP contribution in [0.3, 0.4) is 0 Å². The number of piperidine rings is 1. The van der Waals surface area contributed by atoms with Gasteiger partial charge in [-0.1, -0.05) is 6.07 Å². The van der Waals surface area contributed by atoms with Crippen molar-refractivity contribution in [1.29, 1.82) is 0 Å². The summed E-state index contributed by atoms with van der Waals surface area (Å²) in [5, 5.41) is 3.15. The van der Waals surface area contributed by atoms with Gasteiger partial charge in [0.05, 0.1) is 25.3 Å². The van der Waals surface area contributed by atoms with Crippen LogP contribution in [0.25, 0.3) is 0 Å². The number of methoxy groups -OCH3 is 1. The minimum absolute atomic E-state index is 0.00392. The first-order valence-corrected chi connectivity index (χ1v) is 10.7. The number of carbonyl (C=O) groups is 1. The number of nitrogens with one attached hydrogen (secondary N) is 1. The molecule has 2 atom stereocenters. The number of fused-ring (bicyclic) bond motifs is 1. The molecule has 1 saturated heterocycles. The number of rotatable bonds is 4. The van der Waals surface area contributed by atoms with Crippen LogP contribution in [0, 0.1) is 5.92 Å². The second-order valence-electron chi connectivity index (χ2n) is 6.98. The summed E-state index contributed by atoms with van der Waals surface area (Å²) in [5.41, 5.74) is 2.37. The molecule has 1 N–H and O–H groups in total. The molecule has 1 aromatic rings. The van der Waals surface area contributed by atoms with Gasteiger partial charge in [0.1, 0.15) is 5.75 Å². The zero-order valence-electron chi connectivity index (χ0n) is 14.8. The third-order valence-corrected chi connectivity index (χ3v) is 6.47. The third-order valence-electron chi connectivity index (χ3n) is 5.20. The molecule has 0 aromatic heterocycles. The Hall–Kier alpha value is -1.60. The highest BCUT2D eigenvalue weighted by Gasteiger charge is 2.32. The molecule has 2 aliphatic rings. The molecule has 1 aliphatic heterocycles. The van der Waals surface area contributed by atoms with Crippen LogP contribution >= 0.6 is 0 Å². The van der Waals surface area contributed by atoms with Gasteiger partial charge in [-0.2, -0.15) is 0 Å². The Morgan fingerprint density at radius 3 is 2.80 bits per heavy atom. The van der Waals surface area contributed by atoms with E-state index in [0.29, 0.717) is 6.54 Å². The van der Waals surface area contributed by atoms with E-state index in [2.05, 4.69) is 5.32 Å². The fraction of sp³-hybridized carbons (Fsp3) is 0.611. The minimum Gasteiger partial charge on any atom is -0.497 e. The highest BCUT2D eigenvalue weighted by molar-refractivity contribution is 7.88. The van der Waals surface area contributed by atoms with Gasteiger partial charge in [-0.25, -0.2) is 12.7 Å². The smallest absolute Gasteiger partial charge is 0.224 e. The van der Waals surface area contributed by atoms with Gasteiger partial charge in [0.25, 0.3) is 0 Å². The molecule has 0 radical (unpaired) electrons. The maximum absolute atomic E-state index is 12.7. The van der Waals surface area contributed by atoms with Gasteiger partial charge >= 0.3 is 0 Å². The van der Waals surface area contributed by atoms with E-state index in [0.717, 1.165) is 43.4 Å². The standard InChI is InChI=1S/C18H26N2O4S/c1-24-15-8-9-16-13(11-15)5-3-7-17(16)19-18(21)14-6-4-10-20(12-14)25(2,22)23/h8-9,11,14,17H,3-7,10,12H2,1-2H3,(H,19,21)/t14-,17+/m1/s1. The maximum atomic E-state index is 12.7. The van der Waals surface area contributed by atoms with Gasteiger partial charge in [0, 0.05) is 13.1 Å². The fourth-order valence-electron chi connectivity index (χ4n) is 3.81. The van der Waals surface area contributed by atoms with Crippen molar-refractivity contribution in [2.24, 2.45) is 5.92 Å². The molecule has 3 rings (SSSR count). The van der Waals surface area contributed by atoms with E-state index in [-0.39, 0.29) is 24.4 Å². The quantitative estimate of drug-likeness (QED) is 0.882. The molecule has 0 bridgehead atoms. The summed E-state index contributed by atoms with van der Waals surface area (Å²) < 4.78 is 30.2. The third kappa shape index (κ3) is 4.15. The molecule has 7 heteroatoms. The highest BCUT2D eigenvalue weighted by Crippen LogP contribution is 2.32. The molecule has 0 spiro atoms. The van der Waals surface area contributed by atoms with Crippen molar-refractivity contribution in [3.05, 3.63) is 29.3 Å². The molecule has 138 valence electrons. The largest absolute Gasteiger partial charge is 0.497 e. The normalized spacial score (nSPS) is 24.4. The molecular formula is C18H26N2O4S. The Bertz CT molecular complexity index is 747. The van der Waals surface area contributed by atoms with Crippen LogP contribution in [0.4, 0.5) is 0 Å². The monoisotopic (exact) mass is 366 g/mol. The summed E-state index contributed by atoms with van der Waals surface area (Å²) in [6.45, 7) is 0.793. The Morgan fingerprint density at radius 2 is 2.08 bits per heavy atom. The van der Waals surface area contributed by atoms with Crippen molar-refractivity contribution < 1.29 is 17.9 Å². The van der Waals surface area contributed by atoms with Crippen molar-refractivity contribution in [2.45, 2.75) is 38.1 Å². The molecule has 1 heterocycles. The lowest BCUT2D eigenvalue weighted by Crippen LogP contribution is -2.46. The Balaban J connectivity index is 1.70. The van der Waals surface area contributed by atoms with Crippen molar-refractivity contribution in [3.63, 3.8) is 0 Å². The average Bonchev–Trinajstić information content (AvgIpc) is 2.61. The number of amides is 1. The summed E-state index contributed by atoms with van der Waals surface area (Å²) in [4.78, 5) is 12.7. The van der Waals surface area contributed by atoms with Crippen LogP contribution in [-0.4, -0.2) is 45.1 Å². The van der Waals surface area contributed by atoms with E-state index in [9.17, 15) is 13.2 Å². The average molecular weight is 366 g/mol. The van der Waals surface area contributed by atoms with Gasteiger partial charge in [-0.05, 0) is 55.4 Å². The predicted molar refractivity (Wildman–Crippen MR) is 96.0 cm³/mol. The lowest BCUT2D eigenvalue weighted by atomic mass is 9.87.